The summed E-state index contributed by atoms with van der Waals surface area (Å²) in [7, 11) is 0. The van der Waals surface area contributed by atoms with E-state index in [4.69, 9.17) is 0 Å². The molecule has 1 heterocycles. The predicted molar refractivity (Wildman–Crippen MR) is 67.6 cm³/mol. The summed E-state index contributed by atoms with van der Waals surface area (Å²) in [4.78, 5) is 26.4. The number of fused-ring (bicyclic) bond motifs is 1. The van der Waals surface area contributed by atoms with Crippen LogP contribution in [0.25, 0.3) is 0 Å². The van der Waals surface area contributed by atoms with Crippen LogP contribution >= 0.6 is 0 Å². The van der Waals surface area contributed by atoms with E-state index in [1.54, 1.807) is 0 Å². The van der Waals surface area contributed by atoms with E-state index in [0.717, 1.165) is 18.5 Å². The van der Waals surface area contributed by atoms with Crippen molar-refractivity contribution in [2.75, 3.05) is 0 Å². The predicted octanol–water partition coefficient (Wildman–Crippen LogP) is 0.883. The molecule has 0 fully saturated rings. The summed E-state index contributed by atoms with van der Waals surface area (Å²) >= 11 is 0. The number of carbonyl (C=O) groups excluding carboxylic acids is 1. The minimum atomic E-state index is -0.587. The van der Waals surface area contributed by atoms with E-state index in [1.807, 2.05) is 13.8 Å². The van der Waals surface area contributed by atoms with Gasteiger partial charge in [0.15, 0.2) is 0 Å². The van der Waals surface area contributed by atoms with Gasteiger partial charge in [0.05, 0.1) is 6.10 Å². The number of nitrogens with one attached hydrogen (secondary N) is 2. The van der Waals surface area contributed by atoms with Gasteiger partial charge in [-0.05, 0) is 39.2 Å². The van der Waals surface area contributed by atoms with Gasteiger partial charge in [0.25, 0.3) is 11.5 Å². The summed E-state index contributed by atoms with van der Waals surface area (Å²) in [5, 5.41) is 12.6. The normalized spacial score (nSPS) is 18.6. The van der Waals surface area contributed by atoms with Crippen molar-refractivity contribution < 1.29 is 9.90 Å². The summed E-state index contributed by atoms with van der Waals surface area (Å²) < 4.78 is 0. The third-order valence-electron chi connectivity index (χ3n) is 3.09. The van der Waals surface area contributed by atoms with E-state index in [9.17, 15) is 14.7 Å². The van der Waals surface area contributed by atoms with Gasteiger partial charge in [-0.2, -0.15) is 0 Å². The molecule has 1 aromatic heterocycles. The summed E-state index contributed by atoms with van der Waals surface area (Å²) in [6.07, 6.45) is 1.68. The van der Waals surface area contributed by atoms with Gasteiger partial charge in [0.2, 0.25) is 0 Å². The van der Waals surface area contributed by atoms with Crippen LogP contribution in [0.1, 0.15) is 54.4 Å². The maximum absolute atomic E-state index is 11.9. The largest absolute Gasteiger partial charge is 0.388 e. The number of aryl methyl sites for hydroxylation is 1. The van der Waals surface area contributed by atoms with Crippen molar-refractivity contribution in [3.05, 3.63) is 33.2 Å². The highest BCUT2D eigenvalue weighted by Gasteiger charge is 2.22. The molecular formula is C13H18N2O3. The molecule has 0 saturated heterocycles. The van der Waals surface area contributed by atoms with E-state index in [1.165, 1.54) is 6.07 Å². The molecule has 0 spiro atoms. The summed E-state index contributed by atoms with van der Waals surface area (Å²) in [6.45, 7) is 3.67. The average molecular weight is 250 g/mol. The molecule has 0 unspecified atom stereocenters. The highest BCUT2D eigenvalue weighted by Crippen LogP contribution is 2.27. The van der Waals surface area contributed by atoms with Crippen molar-refractivity contribution in [1.82, 2.24) is 10.3 Å². The van der Waals surface area contributed by atoms with Crippen LogP contribution in [-0.4, -0.2) is 22.0 Å². The van der Waals surface area contributed by atoms with E-state index < -0.39 is 12.0 Å². The first-order valence-electron chi connectivity index (χ1n) is 6.24. The Morgan fingerprint density at radius 3 is 2.94 bits per heavy atom. The quantitative estimate of drug-likeness (QED) is 0.728. The third-order valence-corrected chi connectivity index (χ3v) is 3.09. The maximum Gasteiger partial charge on any atom is 0.261 e. The number of pyridine rings is 1. The fourth-order valence-electron chi connectivity index (χ4n) is 2.23. The SMILES string of the molecule is CC(C)NC(=O)c1cc2c([nH]c1=O)CCC[C@H]2O. The Bertz CT molecular complexity index is 519. The molecule has 0 aromatic carbocycles. The van der Waals surface area contributed by atoms with Crippen molar-refractivity contribution in [1.29, 1.82) is 0 Å². The van der Waals surface area contributed by atoms with E-state index in [0.29, 0.717) is 12.0 Å². The van der Waals surface area contributed by atoms with Crippen molar-refractivity contribution in [3.8, 4) is 0 Å². The lowest BCUT2D eigenvalue weighted by atomic mass is 9.92. The molecule has 1 amide bonds. The Kier molecular flexibility index (Phi) is 3.52. The van der Waals surface area contributed by atoms with Crippen LogP contribution in [0.3, 0.4) is 0 Å². The number of H-pyrrole nitrogens is 1. The Morgan fingerprint density at radius 1 is 1.56 bits per heavy atom. The standard InChI is InChI=1S/C13H18N2O3/c1-7(2)14-12(17)9-6-8-10(15-13(9)18)4-3-5-11(8)16/h6-7,11,16H,3-5H2,1-2H3,(H,14,17)(H,15,18)/t11-/m1/s1. The summed E-state index contributed by atoms with van der Waals surface area (Å²) in [5.41, 5.74) is 1.11. The smallest absolute Gasteiger partial charge is 0.261 e. The van der Waals surface area contributed by atoms with Crippen LogP contribution in [0, 0.1) is 0 Å². The van der Waals surface area contributed by atoms with E-state index >= 15 is 0 Å². The minimum Gasteiger partial charge on any atom is -0.388 e. The average Bonchev–Trinajstić information content (AvgIpc) is 2.27. The highest BCUT2D eigenvalue weighted by atomic mass is 16.3. The first-order chi connectivity index (χ1) is 8.49. The van der Waals surface area contributed by atoms with Gasteiger partial charge in [-0.25, -0.2) is 0 Å². The van der Waals surface area contributed by atoms with Gasteiger partial charge in [0, 0.05) is 17.3 Å². The second-order valence-corrected chi connectivity index (χ2v) is 4.98. The molecule has 3 N–H and O–H groups in total. The zero-order valence-corrected chi connectivity index (χ0v) is 10.6. The number of aromatic nitrogens is 1. The Labute approximate surface area is 105 Å². The molecule has 5 heteroatoms. The molecule has 1 aromatic rings. The van der Waals surface area contributed by atoms with E-state index in [-0.39, 0.29) is 17.2 Å². The van der Waals surface area contributed by atoms with Gasteiger partial charge in [-0.1, -0.05) is 0 Å². The number of aromatic amines is 1. The number of amides is 1. The molecule has 0 saturated carbocycles. The van der Waals surface area contributed by atoms with Gasteiger partial charge in [-0.15, -0.1) is 0 Å². The van der Waals surface area contributed by atoms with Crippen molar-refractivity contribution in [2.24, 2.45) is 0 Å². The Hall–Kier alpha value is -1.62. The first kappa shape index (κ1) is 12.8. The lowest BCUT2D eigenvalue weighted by Gasteiger charge is -2.21. The molecule has 1 aliphatic carbocycles. The molecule has 1 aliphatic rings. The van der Waals surface area contributed by atoms with Crippen molar-refractivity contribution >= 4 is 5.91 Å². The molecule has 0 bridgehead atoms. The van der Waals surface area contributed by atoms with Crippen molar-refractivity contribution in [2.45, 2.75) is 45.3 Å². The van der Waals surface area contributed by atoms with Gasteiger partial charge >= 0.3 is 0 Å². The second-order valence-electron chi connectivity index (χ2n) is 4.98. The highest BCUT2D eigenvalue weighted by molar-refractivity contribution is 5.94. The van der Waals surface area contributed by atoms with Crippen LogP contribution < -0.4 is 10.9 Å². The van der Waals surface area contributed by atoms with Gasteiger partial charge < -0.3 is 15.4 Å². The fourth-order valence-corrected chi connectivity index (χ4v) is 2.23. The van der Waals surface area contributed by atoms with Gasteiger partial charge in [-0.3, -0.25) is 9.59 Å². The monoisotopic (exact) mass is 250 g/mol. The fraction of sp³-hybridized carbons (Fsp3) is 0.538. The molecule has 18 heavy (non-hydrogen) atoms. The number of rotatable bonds is 2. The lowest BCUT2D eigenvalue weighted by Crippen LogP contribution is -2.35. The minimum absolute atomic E-state index is 0.0298. The number of hydrogen-bond donors (Lipinski definition) is 3. The first-order valence-corrected chi connectivity index (χ1v) is 6.24. The number of aliphatic hydroxyl groups is 1. The lowest BCUT2D eigenvalue weighted by molar-refractivity contribution is 0.0941. The van der Waals surface area contributed by atoms with Crippen LogP contribution in [0.2, 0.25) is 0 Å². The molecule has 5 nitrogen and oxygen atoms in total. The summed E-state index contributed by atoms with van der Waals surface area (Å²) in [6, 6.07) is 1.49. The summed E-state index contributed by atoms with van der Waals surface area (Å²) in [5.74, 6) is -0.396. The maximum atomic E-state index is 11.9. The molecule has 1 atom stereocenters. The van der Waals surface area contributed by atoms with Gasteiger partial charge in [0.1, 0.15) is 5.56 Å². The van der Waals surface area contributed by atoms with Crippen LogP contribution in [0.15, 0.2) is 10.9 Å². The van der Waals surface area contributed by atoms with Crippen molar-refractivity contribution in [3.63, 3.8) is 0 Å². The number of carbonyl (C=O) groups is 1. The second kappa shape index (κ2) is 4.94. The zero-order chi connectivity index (χ0) is 13.3. The Balaban J connectivity index is 2.40. The molecule has 0 aliphatic heterocycles. The molecule has 2 rings (SSSR count). The number of aliphatic hydroxyl groups excluding tert-OH is 1. The van der Waals surface area contributed by atoms with Crippen LogP contribution in [-0.2, 0) is 6.42 Å². The van der Waals surface area contributed by atoms with Crippen LogP contribution in [0.4, 0.5) is 0 Å². The van der Waals surface area contributed by atoms with Crippen LogP contribution in [0.5, 0.6) is 0 Å². The zero-order valence-electron chi connectivity index (χ0n) is 10.6. The molecule has 98 valence electrons. The van der Waals surface area contributed by atoms with E-state index in [2.05, 4.69) is 10.3 Å². The Morgan fingerprint density at radius 2 is 2.28 bits per heavy atom. The topological polar surface area (TPSA) is 82.2 Å². The molecular weight excluding hydrogens is 232 g/mol. The molecule has 0 radical (unpaired) electrons. The third kappa shape index (κ3) is 2.46. The number of hydrogen-bond acceptors (Lipinski definition) is 3.